The van der Waals surface area contributed by atoms with Crippen molar-refractivity contribution in [1.29, 1.82) is 0 Å². The zero-order valence-electron chi connectivity index (χ0n) is 18.9. The topological polar surface area (TPSA) is 51.0 Å². The highest BCUT2D eigenvalue weighted by Gasteiger charge is 2.27. The van der Waals surface area contributed by atoms with Gasteiger partial charge < -0.3 is 9.47 Å². The zero-order chi connectivity index (χ0) is 20.9. The Morgan fingerprint density at radius 2 is 1.87 bits per heavy atom. The maximum atomic E-state index is 13.2. The number of aromatic nitrogens is 3. The molecule has 4 rings (SSSR count). The van der Waals surface area contributed by atoms with Gasteiger partial charge in [0.25, 0.3) is 0 Å². The van der Waals surface area contributed by atoms with Crippen molar-refractivity contribution in [2.45, 2.75) is 103 Å². The molecule has 0 spiro atoms. The van der Waals surface area contributed by atoms with Crippen molar-refractivity contribution < 1.29 is 4.79 Å². The molecule has 0 aliphatic heterocycles. The van der Waals surface area contributed by atoms with Gasteiger partial charge in [0.05, 0.1) is 17.2 Å². The van der Waals surface area contributed by atoms with Crippen LogP contribution in [0.3, 0.4) is 0 Å². The van der Waals surface area contributed by atoms with E-state index in [1.807, 2.05) is 18.5 Å². The number of hydrogen-bond acceptors (Lipinski definition) is 3. The number of pyridine rings is 1. The molecule has 2 aromatic heterocycles. The largest absolute Gasteiger partial charge is 0.340 e. The highest BCUT2D eigenvalue weighted by molar-refractivity contribution is 5.78. The van der Waals surface area contributed by atoms with E-state index < -0.39 is 0 Å². The lowest BCUT2D eigenvalue weighted by Gasteiger charge is -2.34. The summed E-state index contributed by atoms with van der Waals surface area (Å²) in [6.45, 7) is 5.97. The predicted octanol–water partition coefficient (Wildman–Crippen LogP) is 5.69. The van der Waals surface area contributed by atoms with Crippen LogP contribution in [0.15, 0.2) is 18.5 Å². The van der Waals surface area contributed by atoms with Crippen LogP contribution in [-0.2, 0) is 11.3 Å². The van der Waals surface area contributed by atoms with E-state index in [0.717, 1.165) is 23.5 Å². The van der Waals surface area contributed by atoms with Gasteiger partial charge in [-0.15, -0.1) is 0 Å². The number of amides is 1. The van der Waals surface area contributed by atoms with Crippen LogP contribution in [0.25, 0.3) is 11.0 Å². The fraction of sp³-hybridized carbons (Fsp3) is 0.720. The summed E-state index contributed by atoms with van der Waals surface area (Å²) in [7, 11) is 0. The maximum Gasteiger partial charge on any atom is 0.224 e. The van der Waals surface area contributed by atoms with E-state index in [2.05, 4.69) is 28.3 Å². The second-order valence-corrected chi connectivity index (χ2v) is 9.33. The monoisotopic (exact) mass is 410 g/mol. The Hall–Kier alpha value is -1.91. The van der Waals surface area contributed by atoms with Crippen LogP contribution in [0.2, 0.25) is 0 Å². The molecule has 0 bridgehead atoms. The summed E-state index contributed by atoms with van der Waals surface area (Å²) in [6.07, 6.45) is 16.8. The van der Waals surface area contributed by atoms with E-state index in [0.29, 0.717) is 30.8 Å². The third-order valence-corrected chi connectivity index (χ3v) is 7.60. The first-order valence-corrected chi connectivity index (χ1v) is 12.3. The average molecular weight is 411 g/mol. The Kier molecular flexibility index (Phi) is 7.06. The Labute approximate surface area is 181 Å². The smallest absolute Gasteiger partial charge is 0.224 e. The van der Waals surface area contributed by atoms with Gasteiger partial charge in [-0.3, -0.25) is 9.78 Å². The molecule has 2 aliphatic rings. The molecule has 0 radical (unpaired) electrons. The summed E-state index contributed by atoms with van der Waals surface area (Å²) >= 11 is 0. The number of imidazole rings is 1. The van der Waals surface area contributed by atoms with Gasteiger partial charge >= 0.3 is 0 Å². The van der Waals surface area contributed by atoms with Crippen molar-refractivity contribution in [2.75, 3.05) is 6.54 Å². The Morgan fingerprint density at radius 1 is 1.10 bits per heavy atom. The quantitative estimate of drug-likeness (QED) is 0.589. The van der Waals surface area contributed by atoms with E-state index in [1.54, 1.807) is 0 Å². The molecule has 0 aromatic carbocycles. The van der Waals surface area contributed by atoms with Crippen LogP contribution in [0, 0.1) is 5.92 Å². The van der Waals surface area contributed by atoms with E-state index in [1.165, 1.54) is 70.0 Å². The first-order valence-electron chi connectivity index (χ1n) is 12.3. The van der Waals surface area contributed by atoms with Crippen molar-refractivity contribution in [3.63, 3.8) is 0 Å². The summed E-state index contributed by atoms with van der Waals surface area (Å²) in [6, 6.07) is 2.45. The molecule has 5 nitrogen and oxygen atoms in total. The minimum absolute atomic E-state index is 0.302. The SMILES string of the molecule is CCN(C(=O)CCn1c2cnccc2nc1[C@H]1CC[C@H](CC)CC1)C1CCCCC1. The van der Waals surface area contributed by atoms with Gasteiger partial charge in [0, 0.05) is 37.7 Å². The molecule has 30 heavy (non-hydrogen) atoms. The van der Waals surface area contributed by atoms with Crippen molar-refractivity contribution in [3.05, 3.63) is 24.3 Å². The van der Waals surface area contributed by atoms with Crippen LogP contribution in [0.4, 0.5) is 0 Å². The van der Waals surface area contributed by atoms with E-state index in [-0.39, 0.29) is 0 Å². The molecule has 2 heterocycles. The predicted molar refractivity (Wildman–Crippen MR) is 121 cm³/mol. The van der Waals surface area contributed by atoms with Gasteiger partial charge in [0.2, 0.25) is 5.91 Å². The first kappa shape index (κ1) is 21.3. The van der Waals surface area contributed by atoms with Crippen LogP contribution in [0.5, 0.6) is 0 Å². The highest BCUT2D eigenvalue weighted by atomic mass is 16.2. The molecule has 0 saturated heterocycles. The molecule has 0 unspecified atom stereocenters. The molecule has 2 saturated carbocycles. The number of carbonyl (C=O) groups excluding carboxylic acids is 1. The molecular weight excluding hydrogens is 372 g/mol. The van der Waals surface area contributed by atoms with Gasteiger partial charge in [-0.2, -0.15) is 0 Å². The van der Waals surface area contributed by atoms with Gasteiger partial charge in [-0.1, -0.05) is 32.6 Å². The second kappa shape index (κ2) is 9.93. The fourth-order valence-corrected chi connectivity index (χ4v) is 5.75. The van der Waals surface area contributed by atoms with E-state index in [4.69, 9.17) is 4.98 Å². The first-order chi connectivity index (χ1) is 14.7. The summed E-state index contributed by atoms with van der Waals surface area (Å²) < 4.78 is 2.31. The molecule has 2 fully saturated rings. The van der Waals surface area contributed by atoms with Gasteiger partial charge in [0.15, 0.2) is 0 Å². The van der Waals surface area contributed by atoms with Crippen molar-refractivity contribution >= 4 is 16.9 Å². The lowest BCUT2D eigenvalue weighted by Crippen LogP contribution is -2.41. The van der Waals surface area contributed by atoms with Crippen molar-refractivity contribution in [1.82, 2.24) is 19.4 Å². The fourth-order valence-electron chi connectivity index (χ4n) is 5.75. The molecule has 0 N–H and O–H groups in total. The molecule has 164 valence electrons. The van der Waals surface area contributed by atoms with E-state index >= 15 is 0 Å². The third-order valence-electron chi connectivity index (χ3n) is 7.60. The number of rotatable bonds is 7. The molecule has 1 amide bonds. The average Bonchev–Trinajstić information content (AvgIpc) is 3.17. The van der Waals surface area contributed by atoms with Crippen LogP contribution in [0.1, 0.15) is 96.2 Å². The molecule has 2 aliphatic carbocycles. The Bertz CT molecular complexity index is 831. The number of fused-ring (bicyclic) bond motifs is 1. The van der Waals surface area contributed by atoms with Crippen LogP contribution < -0.4 is 0 Å². The van der Waals surface area contributed by atoms with Gasteiger partial charge in [-0.25, -0.2) is 4.98 Å². The Balaban J connectivity index is 1.50. The third kappa shape index (κ3) is 4.55. The van der Waals surface area contributed by atoms with Gasteiger partial charge in [-0.05, 0) is 57.4 Å². The molecule has 2 aromatic rings. The number of aryl methyl sites for hydroxylation is 1. The van der Waals surface area contributed by atoms with E-state index in [9.17, 15) is 4.79 Å². The minimum atomic E-state index is 0.302. The molecular formula is C25H38N4O. The number of hydrogen-bond donors (Lipinski definition) is 0. The lowest BCUT2D eigenvalue weighted by atomic mass is 9.80. The molecule has 0 atom stereocenters. The second-order valence-electron chi connectivity index (χ2n) is 9.33. The van der Waals surface area contributed by atoms with Crippen LogP contribution >= 0.6 is 0 Å². The van der Waals surface area contributed by atoms with Crippen molar-refractivity contribution in [2.24, 2.45) is 5.92 Å². The lowest BCUT2D eigenvalue weighted by molar-refractivity contribution is -0.134. The molecule has 5 heteroatoms. The zero-order valence-corrected chi connectivity index (χ0v) is 18.9. The standard InChI is InChI=1S/C25H38N4O/c1-3-19-10-12-20(13-11-19)25-27-22-14-16-26-18-23(22)29(25)17-15-24(30)28(4-2)21-8-6-5-7-9-21/h14,16,18-21H,3-13,15,17H2,1-2H3/t19-,20-. The Morgan fingerprint density at radius 3 is 2.57 bits per heavy atom. The number of carbonyl (C=O) groups is 1. The van der Waals surface area contributed by atoms with Gasteiger partial charge in [0.1, 0.15) is 5.82 Å². The summed E-state index contributed by atoms with van der Waals surface area (Å²) in [5.74, 6) is 2.86. The maximum absolute atomic E-state index is 13.2. The summed E-state index contributed by atoms with van der Waals surface area (Å²) in [5, 5.41) is 0. The van der Waals surface area contributed by atoms with Crippen molar-refractivity contribution in [3.8, 4) is 0 Å². The summed E-state index contributed by atoms with van der Waals surface area (Å²) in [5.41, 5.74) is 2.10. The number of nitrogens with zero attached hydrogens (tertiary/aromatic N) is 4. The minimum Gasteiger partial charge on any atom is -0.340 e. The highest BCUT2D eigenvalue weighted by Crippen LogP contribution is 2.37. The normalized spacial score (nSPS) is 23.0. The van der Waals surface area contributed by atoms with Crippen LogP contribution in [-0.4, -0.2) is 37.9 Å². The summed E-state index contributed by atoms with van der Waals surface area (Å²) in [4.78, 5) is 24.7.